The third-order valence-electron chi connectivity index (χ3n) is 2.49. The van der Waals surface area contributed by atoms with Gasteiger partial charge in [0.1, 0.15) is 17.5 Å². The summed E-state index contributed by atoms with van der Waals surface area (Å²) in [6.07, 6.45) is 0. The number of rotatable bonds is 4. The van der Waals surface area contributed by atoms with Gasteiger partial charge in [-0.1, -0.05) is 6.07 Å². The molecular weight excluding hydrogens is 226 g/mol. The van der Waals surface area contributed by atoms with Crippen molar-refractivity contribution in [2.24, 2.45) is 0 Å². The third kappa shape index (κ3) is 3.16. The Bertz CT molecular complexity index is 539. The van der Waals surface area contributed by atoms with Gasteiger partial charge in [-0.15, -0.1) is 0 Å². The average Bonchev–Trinajstić information content (AvgIpc) is 2.36. The van der Waals surface area contributed by atoms with Crippen molar-refractivity contribution in [3.8, 4) is 0 Å². The molecule has 2 N–H and O–H groups in total. The second-order valence-corrected chi connectivity index (χ2v) is 4.06. The van der Waals surface area contributed by atoms with E-state index in [-0.39, 0.29) is 0 Å². The minimum atomic E-state index is 0.654. The van der Waals surface area contributed by atoms with Crippen molar-refractivity contribution in [3.05, 3.63) is 41.5 Å². The molecule has 0 saturated heterocycles. The predicted molar refractivity (Wildman–Crippen MR) is 72.6 cm³/mol. The lowest BCUT2D eigenvalue weighted by molar-refractivity contribution is 0.981. The summed E-state index contributed by atoms with van der Waals surface area (Å²) >= 11 is 0. The van der Waals surface area contributed by atoms with Gasteiger partial charge in [0.25, 0.3) is 0 Å². The topological polar surface area (TPSA) is 62.7 Å². The Hall–Kier alpha value is -2.17. The molecule has 5 heteroatoms. The van der Waals surface area contributed by atoms with Gasteiger partial charge in [0, 0.05) is 18.8 Å². The Balaban J connectivity index is 2.08. The number of hydrogen-bond donors (Lipinski definition) is 2. The molecule has 0 aliphatic rings. The predicted octanol–water partition coefficient (Wildman–Crippen LogP) is 2.14. The second-order valence-electron chi connectivity index (χ2n) is 4.06. The minimum Gasteiger partial charge on any atom is -0.373 e. The van der Waals surface area contributed by atoms with Crippen LogP contribution in [0.25, 0.3) is 0 Å². The second kappa shape index (κ2) is 5.44. The van der Waals surface area contributed by atoms with Crippen LogP contribution in [0.15, 0.2) is 24.3 Å². The first kappa shape index (κ1) is 12.3. The van der Waals surface area contributed by atoms with E-state index < -0.39 is 0 Å². The van der Waals surface area contributed by atoms with Crippen LogP contribution in [-0.4, -0.2) is 22.0 Å². The number of pyridine rings is 1. The number of aryl methyl sites for hydroxylation is 2. The molecule has 0 fully saturated rings. The Labute approximate surface area is 107 Å². The number of nitrogens with one attached hydrogen (secondary N) is 2. The molecule has 0 saturated carbocycles. The van der Waals surface area contributed by atoms with Gasteiger partial charge in [0.15, 0.2) is 0 Å². The monoisotopic (exact) mass is 243 g/mol. The van der Waals surface area contributed by atoms with Crippen molar-refractivity contribution in [3.63, 3.8) is 0 Å². The van der Waals surface area contributed by atoms with Crippen LogP contribution in [0, 0.1) is 13.8 Å². The van der Waals surface area contributed by atoms with Crippen molar-refractivity contribution in [2.75, 3.05) is 17.7 Å². The SMILES string of the molecule is CNc1cc(NCc2cccc(C)n2)nc(C)n1. The standard InChI is InChI=1S/C13H17N5/c1-9-5-4-6-11(16-9)8-15-13-7-12(14-3)17-10(2)18-13/h4-7H,8H2,1-3H3,(H2,14,15,17,18). The van der Waals surface area contributed by atoms with Crippen LogP contribution in [0.3, 0.4) is 0 Å². The van der Waals surface area contributed by atoms with Crippen LogP contribution < -0.4 is 10.6 Å². The van der Waals surface area contributed by atoms with Crippen molar-refractivity contribution in [1.82, 2.24) is 15.0 Å². The molecule has 2 rings (SSSR count). The molecule has 18 heavy (non-hydrogen) atoms. The highest BCUT2D eigenvalue weighted by Gasteiger charge is 2.01. The zero-order valence-electron chi connectivity index (χ0n) is 10.9. The molecule has 2 heterocycles. The summed E-state index contributed by atoms with van der Waals surface area (Å²) in [5, 5.41) is 6.26. The van der Waals surface area contributed by atoms with Crippen LogP contribution in [0.4, 0.5) is 11.6 Å². The molecule has 0 radical (unpaired) electrons. The fourth-order valence-electron chi connectivity index (χ4n) is 1.67. The lowest BCUT2D eigenvalue weighted by Crippen LogP contribution is -2.06. The summed E-state index contributed by atoms with van der Waals surface area (Å²) < 4.78 is 0. The summed E-state index contributed by atoms with van der Waals surface area (Å²) in [4.78, 5) is 13.0. The number of aromatic nitrogens is 3. The largest absolute Gasteiger partial charge is 0.373 e. The molecule has 0 bridgehead atoms. The zero-order valence-corrected chi connectivity index (χ0v) is 10.9. The normalized spacial score (nSPS) is 10.2. The molecule has 0 aliphatic heterocycles. The van der Waals surface area contributed by atoms with Crippen molar-refractivity contribution in [2.45, 2.75) is 20.4 Å². The maximum atomic E-state index is 4.43. The molecule has 2 aromatic heterocycles. The lowest BCUT2D eigenvalue weighted by atomic mass is 10.3. The van der Waals surface area contributed by atoms with Gasteiger partial charge in [-0.2, -0.15) is 0 Å². The minimum absolute atomic E-state index is 0.654. The molecule has 0 amide bonds. The van der Waals surface area contributed by atoms with E-state index in [0.29, 0.717) is 6.54 Å². The smallest absolute Gasteiger partial charge is 0.132 e. The first-order valence-electron chi connectivity index (χ1n) is 5.87. The summed E-state index contributed by atoms with van der Waals surface area (Å²) in [7, 11) is 1.84. The quantitative estimate of drug-likeness (QED) is 0.861. The fourth-order valence-corrected chi connectivity index (χ4v) is 1.67. The maximum absolute atomic E-state index is 4.43. The van der Waals surface area contributed by atoms with Crippen molar-refractivity contribution < 1.29 is 0 Å². The highest BCUT2D eigenvalue weighted by Crippen LogP contribution is 2.11. The molecule has 5 nitrogen and oxygen atoms in total. The van der Waals surface area contributed by atoms with Crippen LogP contribution in [0.5, 0.6) is 0 Å². The third-order valence-corrected chi connectivity index (χ3v) is 2.49. The molecule has 0 aliphatic carbocycles. The van der Waals surface area contributed by atoms with Gasteiger partial charge in [-0.25, -0.2) is 9.97 Å². The average molecular weight is 243 g/mol. The van der Waals surface area contributed by atoms with E-state index in [1.54, 1.807) is 0 Å². The molecule has 0 atom stereocenters. The summed E-state index contributed by atoms with van der Waals surface area (Å²) in [5.74, 6) is 2.35. The van der Waals surface area contributed by atoms with E-state index in [0.717, 1.165) is 28.8 Å². The lowest BCUT2D eigenvalue weighted by Gasteiger charge is -2.08. The molecule has 0 unspecified atom stereocenters. The van der Waals surface area contributed by atoms with Crippen molar-refractivity contribution in [1.29, 1.82) is 0 Å². The fraction of sp³-hybridized carbons (Fsp3) is 0.308. The maximum Gasteiger partial charge on any atom is 0.132 e. The van der Waals surface area contributed by atoms with E-state index in [2.05, 4.69) is 25.6 Å². The van der Waals surface area contributed by atoms with Gasteiger partial charge in [0.05, 0.1) is 12.2 Å². The van der Waals surface area contributed by atoms with Gasteiger partial charge < -0.3 is 10.6 Å². The van der Waals surface area contributed by atoms with Gasteiger partial charge in [-0.3, -0.25) is 4.98 Å². The van der Waals surface area contributed by atoms with Gasteiger partial charge in [-0.05, 0) is 26.0 Å². The highest BCUT2D eigenvalue weighted by atomic mass is 15.1. The van der Waals surface area contributed by atoms with Crippen LogP contribution in [0.1, 0.15) is 17.2 Å². The Kier molecular flexibility index (Phi) is 3.72. The number of nitrogens with zero attached hydrogens (tertiary/aromatic N) is 3. The van der Waals surface area contributed by atoms with Crippen LogP contribution in [0.2, 0.25) is 0 Å². The molecule has 0 spiro atoms. The molecular formula is C13H17N5. The van der Waals surface area contributed by atoms with E-state index in [1.165, 1.54) is 0 Å². The van der Waals surface area contributed by atoms with Gasteiger partial charge in [0.2, 0.25) is 0 Å². The van der Waals surface area contributed by atoms with E-state index >= 15 is 0 Å². The Morgan fingerprint density at radius 2 is 1.83 bits per heavy atom. The molecule has 2 aromatic rings. The van der Waals surface area contributed by atoms with E-state index in [9.17, 15) is 0 Å². The molecule has 0 aromatic carbocycles. The van der Waals surface area contributed by atoms with E-state index in [4.69, 9.17) is 0 Å². The van der Waals surface area contributed by atoms with Crippen LogP contribution >= 0.6 is 0 Å². The molecule has 94 valence electrons. The Morgan fingerprint density at radius 1 is 1.06 bits per heavy atom. The number of hydrogen-bond acceptors (Lipinski definition) is 5. The summed E-state index contributed by atoms with van der Waals surface area (Å²) in [5.41, 5.74) is 2.02. The van der Waals surface area contributed by atoms with Crippen molar-refractivity contribution >= 4 is 11.6 Å². The summed E-state index contributed by atoms with van der Waals surface area (Å²) in [6, 6.07) is 7.86. The van der Waals surface area contributed by atoms with E-state index in [1.807, 2.05) is 45.2 Å². The first-order chi connectivity index (χ1) is 8.67. The Morgan fingerprint density at radius 3 is 2.56 bits per heavy atom. The zero-order chi connectivity index (χ0) is 13.0. The van der Waals surface area contributed by atoms with Crippen LogP contribution in [-0.2, 0) is 6.54 Å². The number of anilines is 2. The highest BCUT2D eigenvalue weighted by molar-refractivity contribution is 5.47. The van der Waals surface area contributed by atoms with Gasteiger partial charge >= 0.3 is 0 Å². The first-order valence-corrected chi connectivity index (χ1v) is 5.87. The summed E-state index contributed by atoms with van der Waals surface area (Å²) in [6.45, 7) is 4.51.